The molecule has 1 amide bonds. The fourth-order valence-electron chi connectivity index (χ4n) is 3.39. The third-order valence-corrected chi connectivity index (χ3v) is 4.77. The lowest BCUT2D eigenvalue weighted by atomic mass is 9.96. The Hall–Kier alpha value is -1.14. The highest BCUT2D eigenvalue weighted by Crippen LogP contribution is 2.19. The molecule has 0 bridgehead atoms. The minimum absolute atomic E-state index is 0.0876. The number of carboxylic acids is 1. The number of aliphatic carboxylic acids is 1. The molecule has 0 radical (unpaired) electrons. The summed E-state index contributed by atoms with van der Waals surface area (Å²) in [6.45, 7) is 7.28. The van der Waals surface area contributed by atoms with Gasteiger partial charge < -0.3 is 19.8 Å². The van der Waals surface area contributed by atoms with Gasteiger partial charge in [-0.1, -0.05) is 0 Å². The molecule has 6 nitrogen and oxygen atoms in total. The maximum atomic E-state index is 12.2. The van der Waals surface area contributed by atoms with Crippen molar-refractivity contribution in [3.63, 3.8) is 0 Å². The first-order valence-corrected chi connectivity index (χ1v) is 8.45. The topological polar surface area (TPSA) is 64.1 Å². The number of likely N-dealkylation sites (N-methyl/N-ethyl adjacent to an activating group) is 1. The smallest absolute Gasteiger partial charge is 0.303 e. The summed E-state index contributed by atoms with van der Waals surface area (Å²) in [5, 5.41) is 8.65. The molecular weight excluding hydrogens is 282 g/mol. The second-order valence-corrected chi connectivity index (χ2v) is 6.70. The molecule has 2 aliphatic rings. The molecular formula is C16H29N3O3. The first-order valence-electron chi connectivity index (χ1n) is 8.45. The zero-order chi connectivity index (χ0) is 15.9. The quantitative estimate of drug-likeness (QED) is 0.783. The molecule has 2 rings (SSSR count). The molecule has 0 aromatic heterocycles. The highest BCUT2D eigenvalue weighted by molar-refractivity contribution is 5.77. The maximum Gasteiger partial charge on any atom is 0.303 e. The van der Waals surface area contributed by atoms with Crippen molar-refractivity contribution < 1.29 is 14.7 Å². The van der Waals surface area contributed by atoms with Gasteiger partial charge in [-0.25, -0.2) is 0 Å². The number of carbonyl (C=O) groups excluding carboxylic acids is 1. The van der Waals surface area contributed by atoms with Crippen molar-refractivity contribution >= 4 is 11.9 Å². The normalized spacial score (nSPS) is 24.4. The SMILES string of the molecule is CN1CCN(C[C@@H]2CCCN(C(=O)CCCC(=O)O)C2)CC1. The third kappa shape index (κ3) is 5.57. The van der Waals surface area contributed by atoms with Crippen LogP contribution in [-0.2, 0) is 9.59 Å². The summed E-state index contributed by atoms with van der Waals surface area (Å²) in [7, 11) is 2.16. The van der Waals surface area contributed by atoms with Crippen molar-refractivity contribution in [3.8, 4) is 0 Å². The number of piperidine rings is 1. The largest absolute Gasteiger partial charge is 0.481 e. The van der Waals surface area contributed by atoms with Gasteiger partial charge in [0.05, 0.1) is 0 Å². The van der Waals surface area contributed by atoms with E-state index in [0.717, 1.165) is 52.2 Å². The monoisotopic (exact) mass is 311 g/mol. The molecule has 0 aromatic carbocycles. The summed E-state index contributed by atoms with van der Waals surface area (Å²) in [6, 6.07) is 0. The van der Waals surface area contributed by atoms with Crippen molar-refractivity contribution in [1.82, 2.24) is 14.7 Å². The average molecular weight is 311 g/mol. The van der Waals surface area contributed by atoms with E-state index in [1.165, 1.54) is 6.42 Å². The van der Waals surface area contributed by atoms with E-state index in [0.29, 0.717) is 18.8 Å². The molecule has 2 heterocycles. The van der Waals surface area contributed by atoms with Crippen LogP contribution in [0.2, 0.25) is 0 Å². The van der Waals surface area contributed by atoms with Gasteiger partial charge in [0.15, 0.2) is 0 Å². The standard InChI is InChI=1S/C16H29N3O3/c1-17-8-10-18(11-9-17)12-14-4-3-7-19(13-14)15(20)5-2-6-16(21)22/h14H,2-13H2,1H3,(H,21,22)/t14-/m0/s1. The van der Waals surface area contributed by atoms with Gasteiger partial charge in [0.1, 0.15) is 0 Å². The number of amides is 1. The Bertz CT molecular complexity index is 381. The average Bonchev–Trinajstić information content (AvgIpc) is 2.49. The summed E-state index contributed by atoms with van der Waals surface area (Å²) < 4.78 is 0. The summed E-state index contributed by atoms with van der Waals surface area (Å²) in [5.41, 5.74) is 0. The van der Waals surface area contributed by atoms with Gasteiger partial charge in [0.2, 0.25) is 5.91 Å². The molecule has 1 N–H and O–H groups in total. The Morgan fingerprint density at radius 3 is 2.50 bits per heavy atom. The van der Waals surface area contributed by atoms with Gasteiger partial charge in [-0.05, 0) is 32.2 Å². The van der Waals surface area contributed by atoms with E-state index in [9.17, 15) is 9.59 Å². The van der Waals surface area contributed by atoms with Crippen LogP contribution in [0.1, 0.15) is 32.1 Å². The van der Waals surface area contributed by atoms with Crippen LogP contribution < -0.4 is 0 Å². The van der Waals surface area contributed by atoms with Crippen LogP contribution in [0, 0.1) is 5.92 Å². The number of carboxylic acid groups (broad SMARTS) is 1. The number of hydrogen-bond donors (Lipinski definition) is 1. The lowest BCUT2D eigenvalue weighted by molar-refractivity contribution is -0.137. The van der Waals surface area contributed by atoms with Gasteiger partial charge in [0.25, 0.3) is 0 Å². The van der Waals surface area contributed by atoms with Crippen LogP contribution in [0.3, 0.4) is 0 Å². The van der Waals surface area contributed by atoms with Crippen LogP contribution in [0.15, 0.2) is 0 Å². The van der Waals surface area contributed by atoms with Crippen molar-refractivity contribution in [2.24, 2.45) is 5.92 Å². The van der Waals surface area contributed by atoms with E-state index in [1.54, 1.807) is 0 Å². The van der Waals surface area contributed by atoms with E-state index < -0.39 is 5.97 Å². The molecule has 2 saturated heterocycles. The molecule has 0 saturated carbocycles. The summed E-state index contributed by atoms with van der Waals surface area (Å²) in [4.78, 5) is 29.5. The van der Waals surface area contributed by atoms with Crippen LogP contribution in [-0.4, -0.2) is 84.5 Å². The van der Waals surface area contributed by atoms with Crippen molar-refractivity contribution in [1.29, 1.82) is 0 Å². The van der Waals surface area contributed by atoms with E-state index in [-0.39, 0.29) is 12.3 Å². The summed E-state index contributed by atoms with van der Waals surface area (Å²) >= 11 is 0. The third-order valence-electron chi connectivity index (χ3n) is 4.77. The molecule has 2 aliphatic heterocycles. The fourth-order valence-corrected chi connectivity index (χ4v) is 3.39. The first-order chi connectivity index (χ1) is 10.5. The van der Waals surface area contributed by atoms with Gasteiger partial charge in [-0.3, -0.25) is 9.59 Å². The molecule has 2 fully saturated rings. The van der Waals surface area contributed by atoms with Crippen LogP contribution in [0.5, 0.6) is 0 Å². The van der Waals surface area contributed by atoms with Crippen molar-refractivity contribution in [2.45, 2.75) is 32.1 Å². The second kappa shape index (κ2) is 8.48. The Labute approximate surface area is 133 Å². The van der Waals surface area contributed by atoms with Gasteiger partial charge in [0, 0.05) is 58.7 Å². The first kappa shape index (κ1) is 17.2. The predicted molar refractivity (Wildman–Crippen MR) is 84.7 cm³/mol. The van der Waals surface area contributed by atoms with Crippen LogP contribution >= 0.6 is 0 Å². The molecule has 22 heavy (non-hydrogen) atoms. The molecule has 0 unspecified atom stereocenters. The summed E-state index contributed by atoms with van der Waals surface area (Å²) in [5.74, 6) is -0.121. The number of hydrogen-bond acceptors (Lipinski definition) is 4. The lowest BCUT2D eigenvalue weighted by Gasteiger charge is -2.38. The van der Waals surface area contributed by atoms with Gasteiger partial charge in [-0.15, -0.1) is 0 Å². The number of rotatable bonds is 6. The Morgan fingerprint density at radius 2 is 1.82 bits per heavy atom. The van der Waals surface area contributed by atoms with E-state index in [2.05, 4.69) is 16.8 Å². The number of likely N-dealkylation sites (tertiary alicyclic amines) is 1. The molecule has 0 spiro atoms. The van der Waals surface area contributed by atoms with Crippen molar-refractivity contribution in [2.75, 3.05) is 52.9 Å². The molecule has 0 aliphatic carbocycles. The Morgan fingerprint density at radius 1 is 1.09 bits per heavy atom. The lowest BCUT2D eigenvalue weighted by Crippen LogP contribution is -2.49. The Balaban J connectivity index is 1.71. The Kier molecular flexibility index (Phi) is 6.64. The van der Waals surface area contributed by atoms with Gasteiger partial charge >= 0.3 is 5.97 Å². The highest BCUT2D eigenvalue weighted by atomic mass is 16.4. The number of nitrogens with zero attached hydrogens (tertiary/aromatic N) is 3. The van der Waals surface area contributed by atoms with E-state index in [4.69, 9.17) is 5.11 Å². The number of carbonyl (C=O) groups is 2. The predicted octanol–water partition coefficient (Wildman–Crippen LogP) is 0.727. The maximum absolute atomic E-state index is 12.2. The zero-order valence-corrected chi connectivity index (χ0v) is 13.7. The highest BCUT2D eigenvalue weighted by Gasteiger charge is 2.26. The zero-order valence-electron chi connectivity index (χ0n) is 13.7. The van der Waals surface area contributed by atoms with Gasteiger partial charge in [-0.2, -0.15) is 0 Å². The van der Waals surface area contributed by atoms with E-state index >= 15 is 0 Å². The second-order valence-electron chi connectivity index (χ2n) is 6.70. The molecule has 126 valence electrons. The molecule has 6 heteroatoms. The molecule has 0 aromatic rings. The molecule has 1 atom stereocenters. The minimum Gasteiger partial charge on any atom is -0.481 e. The number of piperazine rings is 1. The van der Waals surface area contributed by atoms with E-state index in [1.807, 2.05) is 4.90 Å². The van der Waals surface area contributed by atoms with Crippen LogP contribution in [0.25, 0.3) is 0 Å². The van der Waals surface area contributed by atoms with Crippen molar-refractivity contribution in [3.05, 3.63) is 0 Å². The summed E-state index contributed by atoms with van der Waals surface area (Å²) in [6.07, 6.45) is 3.18. The van der Waals surface area contributed by atoms with Crippen LogP contribution in [0.4, 0.5) is 0 Å². The minimum atomic E-state index is -0.820. The fraction of sp³-hybridized carbons (Fsp3) is 0.875.